The zero-order valence-electron chi connectivity index (χ0n) is 13.5. The van der Waals surface area contributed by atoms with Crippen LogP contribution in [0.5, 0.6) is 0 Å². The summed E-state index contributed by atoms with van der Waals surface area (Å²) in [5.41, 5.74) is 0. The Morgan fingerprint density at radius 3 is 2.05 bits per heavy atom. The van der Waals surface area contributed by atoms with E-state index in [1.54, 1.807) is 0 Å². The lowest BCUT2D eigenvalue weighted by atomic mass is 9.88. The van der Waals surface area contributed by atoms with Gasteiger partial charge in [-0.15, -0.1) is 4.72 Å². The molecule has 1 fully saturated rings. The Morgan fingerprint density at radius 1 is 1.11 bits per heavy atom. The van der Waals surface area contributed by atoms with Crippen LogP contribution in [0.15, 0.2) is 0 Å². The van der Waals surface area contributed by atoms with Crippen LogP contribution in [0.25, 0.3) is 0 Å². The number of hydrogen-bond acceptors (Lipinski definition) is 2. The van der Waals surface area contributed by atoms with Crippen molar-refractivity contribution in [1.82, 2.24) is 4.72 Å². The average Bonchev–Trinajstić information content (AvgIpc) is 2.55. The van der Waals surface area contributed by atoms with Gasteiger partial charge in [-0.3, -0.25) is 0 Å². The molecule has 0 radical (unpaired) electrons. The van der Waals surface area contributed by atoms with Gasteiger partial charge in [0, 0.05) is 11.4 Å². The first-order valence-electron chi connectivity index (χ1n) is 7.98. The Balaban J connectivity index is 2.52. The largest absolute Gasteiger partial charge is 0.598 e. The molecule has 1 rings (SSSR count). The lowest BCUT2D eigenvalue weighted by Gasteiger charge is -2.31. The fraction of sp³-hybridized carbons (Fsp3) is 1.00. The van der Waals surface area contributed by atoms with Crippen molar-refractivity contribution in [2.75, 3.05) is 0 Å². The number of hydrogen-bond donors (Lipinski definition) is 1. The Kier molecular flexibility index (Phi) is 7.20. The van der Waals surface area contributed by atoms with E-state index in [2.05, 4.69) is 18.6 Å². The minimum absolute atomic E-state index is 0.170. The van der Waals surface area contributed by atoms with Crippen LogP contribution in [0.2, 0.25) is 0 Å². The second-order valence-corrected chi connectivity index (χ2v) is 9.44. The van der Waals surface area contributed by atoms with Crippen LogP contribution in [0.1, 0.15) is 79.6 Å². The third-order valence-electron chi connectivity index (χ3n) is 4.18. The molecule has 1 saturated carbocycles. The first-order chi connectivity index (χ1) is 8.80. The molecular formula is C16H33NOS. The van der Waals surface area contributed by atoms with Crippen LogP contribution in [-0.2, 0) is 11.4 Å². The van der Waals surface area contributed by atoms with Crippen LogP contribution < -0.4 is 4.72 Å². The van der Waals surface area contributed by atoms with E-state index in [4.69, 9.17) is 0 Å². The third-order valence-corrected chi connectivity index (χ3v) is 5.81. The van der Waals surface area contributed by atoms with E-state index in [0.29, 0.717) is 12.0 Å². The van der Waals surface area contributed by atoms with E-state index in [0.717, 1.165) is 5.92 Å². The van der Waals surface area contributed by atoms with Gasteiger partial charge in [0.15, 0.2) is 0 Å². The Hall–Kier alpha value is 0.270. The van der Waals surface area contributed by atoms with Crippen LogP contribution >= 0.6 is 0 Å². The molecule has 0 amide bonds. The molecule has 2 atom stereocenters. The van der Waals surface area contributed by atoms with Crippen LogP contribution in [0.3, 0.4) is 0 Å². The van der Waals surface area contributed by atoms with Crippen molar-refractivity contribution in [3.8, 4) is 0 Å². The molecule has 3 heteroatoms. The van der Waals surface area contributed by atoms with Gasteiger partial charge in [-0.25, -0.2) is 0 Å². The van der Waals surface area contributed by atoms with Crippen molar-refractivity contribution in [3.63, 3.8) is 0 Å². The highest BCUT2D eigenvalue weighted by Crippen LogP contribution is 2.29. The summed E-state index contributed by atoms with van der Waals surface area (Å²) in [6.07, 6.45) is 9.52. The molecule has 2 nitrogen and oxygen atoms in total. The van der Waals surface area contributed by atoms with Gasteiger partial charge in [0.25, 0.3) is 0 Å². The zero-order chi connectivity index (χ0) is 14.5. The summed E-state index contributed by atoms with van der Waals surface area (Å²) >= 11 is -0.947. The first-order valence-corrected chi connectivity index (χ1v) is 9.13. The second-order valence-electron chi connectivity index (χ2n) is 7.44. The zero-order valence-corrected chi connectivity index (χ0v) is 14.3. The summed E-state index contributed by atoms with van der Waals surface area (Å²) in [4.78, 5) is 0. The van der Waals surface area contributed by atoms with Crippen LogP contribution in [-0.4, -0.2) is 15.3 Å². The summed E-state index contributed by atoms with van der Waals surface area (Å²) in [7, 11) is 0. The first kappa shape index (κ1) is 17.3. The van der Waals surface area contributed by atoms with Gasteiger partial charge in [0.1, 0.15) is 4.75 Å². The molecule has 114 valence electrons. The summed E-state index contributed by atoms with van der Waals surface area (Å²) in [6.45, 7) is 10.6. The SMILES string of the molecule is CC(C)[C@@H](CC1CCCCCC1)N[S@+]([O-])C(C)(C)C. The molecule has 0 spiro atoms. The van der Waals surface area contributed by atoms with Crippen LogP contribution in [0.4, 0.5) is 0 Å². The van der Waals surface area contributed by atoms with Gasteiger partial charge in [-0.05, 0) is 39.0 Å². The predicted octanol–water partition coefficient (Wildman–Crippen LogP) is 4.42. The van der Waals surface area contributed by atoms with Crippen LogP contribution in [0, 0.1) is 11.8 Å². The molecule has 0 unspecified atom stereocenters. The summed E-state index contributed by atoms with van der Waals surface area (Å²) in [6, 6.07) is 0.392. The van der Waals surface area contributed by atoms with Crippen molar-refractivity contribution in [3.05, 3.63) is 0 Å². The molecule has 0 aromatic carbocycles. The molecule has 0 aliphatic heterocycles. The van der Waals surface area contributed by atoms with Gasteiger partial charge in [-0.2, -0.15) is 0 Å². The molecule has 0 aromatic heterocycles. The lowest BCUT2D eigenvalue weighted by Crippen LogP contribution is -2.47. The van der Waals surface area contributed by atoms with E-state index in [-0.39, 0.29) is 4.75 Å². The molecule has 0 saturated heterocycles. The molecule has 19 heavy (non-hydrogen) atoms. The molecular weight excluding hydrogens is 254 g/mol. The minimum atomic E-state index is -0.947. The lowest BCUT2D eigenvalue weighted by molar-refractivity contribution is 0.324. The maximum atomic E-state index is 12.3. The number of rotatable bonds is 5. The maximum Gasteiger partial charge on any atom is 0.136 e. The summed E-state index contributed by atoms with van der Waals surface area (Å²) in [5.74, 6) is 1.38. The fourth-order valence-electron chi connectivity index (χ4n) is 2.73. The highest BCUT2D eigenvalue weighted by Gasteiger charge is 2.31. The Morgan fingerprint density at radius 2 is 1.63 bits per heavy atom. The van der Waals surface area contributed by atoms with E-state index in [9.17, 15) is 4.55 Å². The van der Waals surface area contributed by atoms with E-state index in [1.165, 1.54) is 44.9 Å². The van der Waals surface area contributed by atoms with Gasteiger partial charge in [0.05, 0.1) is 6.04 Å². The average molecular weight is 288 g/mol. The van der Waals surface area contributed by atoms with Crippen molar-refractivity contribution in [2.24, 2.45) is 11.8 Å². The second kappa shape index (κ2) is 7.90. The molecule has 1 aliphatic rings. The van der Waals surface area contributed by atoms with E-state index >= 15 is 0 Å². The highest BCUT2D eigenvalue weighted by molar-refractivity contribution is 7.90. The molecule has 0 bridgehead atoms. The summed E-state index contributed by atoms with van der Waals surface area (Å²) in [5, 5.41) is 0. The molecule has 0 aromatic rings. The molecule has 1 N–H and O–H groups in total. The normalized spacial score (nSPS) is 22.3. The highest BCUT2D eigenvalue weighted by atomic mass is 32.2. The Labute approximate surface area is 123 Å². The van der Waals surface area contributed by atoms with Crippen molar-refractivity contribution >= 4 is 11.4 Å². The fourth-order valence-corrected chi connectivity index (χ4v) is 3.73. The van der Waals surface area contributed by atoms with Crippen molar-refractivity contribution in [1.29, 1.82) is 0 Å². The number of nitrogens with one attached hydrogen (secondary N) is 1. The quantitative estimate of drug-likeness (QED) is 0.600. The van der Waals surface area contributed by atoms with E-state index in [1.807, 2.05) is 20.8 Å². The molecule has 1 aliphatic carbocycles. The summed E-state index contributed by atoms with van der Waals surface area (Å²) < 4.78 is 15.5. The van der Waals surface area contributed by atoms with E-state index < -0.39 is 11.4 Å². The minimum Gasteiger partial charge on any atom is -0.598 e. The monoisotopic (exact) mass is 287 g/mol. The van der Waals surface area contributed by atoms with Crippen molar-refractivity contribution in [2.45, 2.75) is 90.4 Å². The van der Waals surface area contributed by atoms with Gasteiger partial charge in [0.2, 0.25) is 0 Å². The van der Waals surface area contributed by atoms with Gasteiger partial charge in [-0.1, -0.05) is 52.4 Å². The van der Waals surface area contributed by atoms with Gasteiger partial charge >= 0.3 is 0 Å². The standard InChI is InChI=1S/C16H33NOS/c1-13(2)15(17-19(18)16(3,4)5)12-14-10-8-6-7-9-11-14/h13-15,17H,6-12H2,1-5H3/t15-,19-/m1/s1. The topological polar surface area (TPSA) is 35.1 Å². The third kappa shape index (κ3) is 6.50. The smallest absolute Gasteiger partial charge is 0.136 e. The van der Waals surface area contributed by atoms with Crippen molar-refractivity contribution < 1.29 is 4.55 Å². The maximum absolute atomic E-state index is 12.3. The molecule has 0 heterocycles. The Bertz CT molecular complexity index is 242. The predicted molar refractivity (Wildman–Crippen MR) is 85.5 cm³/mol. The van der Waals surface area contributed by atoms with Gasteiger partial charge < -0.3 is 4.55 Å².